The van der Waals surface area contributed by atoms with Crippen LogP contribution in [0.1, 0.15) is 25.0 Å². The van der Waals surface area contributed by atoms with E-state index in [1.165, 1.54) is 77.5 Å². The quantitative estimate of drug-likeness (QED) is 0.159. The second-order valence-corrected chi connectivity index (χ2v) is 15.3. The van der Waals surface area contributed by atoms with E-state index in [-0.39, 0.29) is 5.41 Å². The predicted octanol–water partition coefficient (Wildman–Crippen LogP) is 15.3. The van der Waals surface area contributed by atoms with Gasteiger partial charge < -0.3 is 4.90 Å². The summed E-state index contributed by atoms with van der Waals surface area (Å²) in [5, 5.41) is 2.50. The van der Waals surface area contributed by atoms with Crippen LogP contribution in [-0.4, -0.2) is 0 Å². The fourth-order valence-corrected chi connectivity index (χ4v) is 8.94. The molecule has 266 valence electrons. The van der Waals surface area contributed by atoms with Crippen molar-refractivity contribution < 1.29 is 0 Å². The molecule has 0 N–H and O–H groups in total. The highest BCUT2D eigenvalue weighted by molar-refractivity contribution is 6.01. The predicted molar refractivity (Wildman–Crippen MR) is 238 cm³/mol. The number of hydrogen-bond acceptors (Lipinski definition) is 1. The molecule has 0 bridgehead atoms. The molecule has 0 fully saturated rings. The number of benzene rings is 9. The van der Waals surface area contributed by atoms with Crippen molar-refractivity contribution in [2.24, 2.45) is 0 Å². The Bertz CT molecular complexity index is 2860. The molecule has 0 amide bonds. The van der Waals surface area contributed by atoms with Gasteiger partial charge in [0.1, 0.15) is 0 Å². The van der Waals surface area contributed by atoms with Crippen LogP contribution in [0.25, 0.3) is 66.4 Å². The fraction of sp³-hybridized carbons (Fsp3) is 0.0545. The van der Waals surface area contributed by atoms with Crippen molar-refractivity contribution in [3.63, 3.8) is 0 Å². The standard InChI is InChI=1S/C55H41N/c1-55(2)50-28-13-11-25-48(50)54-47(27-16-29-51(54)55)46-24-12-14-30-52(46)56(43-34-31-41(32-35-43)45-26-15-22-39-21-9-10-23-44(39)45)53-36-33-42(38-17-5-3-6-18-38)37-49(53)40-19-7-4-8-20-40/h3-37H,1-2H3. The zero-order chi connectivity index (χ0) is 37.6. The molecule has 1 aliphatic carbocycles. The highest BCUT2D eigenvalue weighted by atomic mass is 15.1. The Hall–Kier alpha value is -6.96. The van der Waals surface area contributed by atoms with Gasteiger partial charge in [0.2, 0.25) is 0 Å². The molecule has 0 saturated heterocycles. The number of anilines is 3. The van der Waals surface area contributed by atoms with Crippen molar-refractivity contribution in [2.45, 2.75) is 19.3 Å². The van der Waals surface area contributed by atoms with Crippen molar-refractivity contribution in [3.8, 4) is 55.6 Å². The van der Waals surface area contributed by atoms with Crippen molar-refractivity contribution in [1.29, 1.82) is 0 Å². The average Bonchev–Trinajstić information content (AvgIpc) is 3.50. The third kappa shape index (κ3) is 5.63. The van der Waals surface area contributed by atoms with Gasteiger partial charge in [-0.05, 0) is 96.7 Å². The second kappa shape index (κ2) is 13.7. The number of nitrogens with zero attached hydrogens (tertiary/aromatic N) is 1. The summed E-state index contributed by atoms with van der Waals surface area (Å²) in [4.78, 5) is 2.48. The molecule has 0 heterocycles. The van der Waals surface area contributed by atoms with E-state index in [1.807, 2.05) is 0 Å². The van der Waals surface area contributed by atoms with Crippen LogP contribution in [0.2, 0.25) is 0 Å². The van der Waals surface area contributed by atoms with Crippen molar-refractivity contribution in [3.05, 3.63) is 223 Å². The van der Waals surface area contributed by atoms with Gasteiger partial charge in [0.25, 0.3) is 0 Å². The summed E-state index contributed by atoms with van der Waals surface area (Å²) in [7, 11) is 0. The van der Waals surface area contributed by atoms with E-state index in [9.17, 15) is 0 Å². The van der Waals surface area contributed by atoms with E-state index in [1.54, 1.807) is 0 Å². The molecule has 0 atom stereocenters. The molecular weight excluding hydrogens is 675 g/mol. The Morgan fingerprint density at radius 1 is 0.339 bits per heavy atom. The van der Waals surface area contributed by atoms with Crippen molar-refractivity contribution >= 4 is 27.8 Å². The van der Waals surface area contributed by atoms with Gasteiger partial charge in [-0.3, -0.25) is 0 Å². The number of hydrogen-bond donors (Lipinski definition) is 0. The molecule has 56 heavy (non-hydrogen) atoms. The van der Waals surface area contributed by atoms with Crippen LogP contribution in [-0.2, 0) is 5.41 Å². The molecule has 0 spiro atoms. The van der Waals surface area contributed by atoms with Crippen molar-refractivity contribution in [2.75, 3.05) is 4.90 Å². The van der Waals surface area contributed by atoms with Gasteiger partial charge >= 0.3 is 0 Å². The lowest BCUT2D eigenvalue weighted by molar-refractivity contribution is 0.660. The summed E-state index contributed by atoms with van der Waals surface area (Å²) in [6.45, 7) is 4.72. The number of rotatable bonds is 7. The second-order valence-electron chi connectivity index (χ2n) is 15.3. The maximum absolute atomic E-state index is 2.48. The van der Waals surface area contributed by atoms with E-state index in [4.69, 9.17) is 0 Å². The zero-order valence-corrected chi connectivity index (χ0v) is 31.7. The summed E-state index contributed by atoms with van der Waals surface area (Å²) >= 11 is 0. The zero-order valence-electron chi connectivity index (χ0n) is 31.7. The molecule has 0 unspecified atom stereocenters. The molecule has 9 aromatic rings. The Labute approximate surface area is 329 Å². The summed E-state index contributed by atoms with van der Waals surface area (Å²) in [5.74, 6) is 0. The van der Waals surface area contributed by atoms with E-state index in [2.05, 4.69) is 231 Å². The third-order valence-corrected chi connectivity index (χ3v) is 11.7. The summed E-state index contributed by atoms with van der Waals surface area (Å²) in [5.41, 5.74) is 18.3. The van der Waals surface area contributed by atoms with Crippen LogP contribution in [0.4, 0.5) is 17.1 Å². The van der Waals surface area contributed by atoms with E-state index in [0.717, 1.165) is 17.1 Å². The lowest BCUT2D eigenvalue weighted by Crippen LogP contribution is -2.15. The molecule has 1 heteroatoms. The monoisotopic (exact) mass is 715 g/mol. The Kier molecular flexibility index (Phi) is 8.23. The maximum atomic E-state index is 2.48. The van der Waals surface area contributed by atoms with Crippen LogP contribution < -0.4 is 4.90 Å². The van der Waals surface area contributed by atoms with Gasteiger partial charge in [0.15, 0.2) is 0 Å². The lowest BCUT2D eigenvalue weighted by Gasteiger charge is -2.31. The SMILES string of the molecule is CC1(C)c2ccccc2-c2c(-c3ccccc3N(c3ccc(-c4cccc5ccccc45)cc3)c3ccc(-c4ccccc4)cc3-c3ccccc3)cccc21. The van der Waals surface area contributed by atoms with Gasteiger partial charge in [-0.25, -0.2) is 0 Å². The number of para-hydroxylation sites is 1. The summed E-state index contributed by atoms with van der Waals surface area (Å²) < 4.78 is 0. The van der Waals surface area contributed by atoms with E-state index >= 15 is 0 Å². The van der Waals surface area contributed by atoms with Crippen LogP contribution in [0.15, 0.2) is 212 Å². The van der Waals surface area contributed by atoms with Crippen LogP contribution in [0.5, 0.6) is 0 Å². The molecule has 10 rings (SSSR count). The topological polar surface area (TPSA) is 3.24 Å². The first kappa shape index (κ1) is 33.6. The van der Waals surface area contributed by atoms with Gasteiger partial charge in [0.05, 0.1) is 11.4 Å². The third-order valence-electron chi connectivity index (χ3n) is 11.7. The van der Waals surface area contributed by atoms with Crippen LogP contribution >= 0.6 is 0 Å². The molecule has 1 nitrogen and oxygen atoms in total. The largest absolute Gasteiger partial charge is 0.309 e. The van der Waals surface area contributed by atoms with Crippen LogP contribution in [0.3, 0.4) is 0 Å². The Morgan fingerprint density at radius 2 is 0.875 bits per heavy atom. The Morgan fingerprint density at radius 3 is 1.68 bits per heavy atom. The van der Waals surface area contributed by atoms with E-state index < -0.39 is 0 Å². The maximum Gasteiger partial charge on any atom is 0.0540 e. The minimum atomic E-state index is -0.0955. The minimum Gasteiger partial charge on any atom is -0.309 e. The van der Waals surface area contributed by atoms with E-state index in [0.29, 0.717) is 0 Å². The molecule has 0 aliphatic heterocycles. The average molecular weight is 716 g/mol. The molecule has 9 aromatic carbocycles. The number of fused-ring (bicyclic) bond motifs is 4. The highest BCUT2D eigenvalue weighted by Gasteiger charge is 2.37. The van der Waals surface area contributed by atoms with Crippen LogP contribution in [0, 0.1) is 0 Å². The first-order chi connectivity index (χ1) is 27.6. The molecule has 1 aliphatic rings. The lowest BCUT2D eigenvalue weighted by atomic mass is 9.82. The first-order valence-corrected chi connectivity index (χ1v) is 19.5. The molecular formula is C55H41N. The Balaban J connectivity index is 1.22. The molecule has 0 saturated carbocycles. The minimum absolute atomic E-state index is 0.0955. The molecule has 0 radical (unpaired) electrons. The van der Waals surface area contributed by atoms with Gasteiger partial charge in [-0.2, -0.15) is 0 Å². The summed E-state index contributed by atoms with van der Waals surface area (Å²) in [6, 6.07) is 77.6. The summed E-state index contributed by atoms with van der Waals surface area (Å²) in [6.07, 6.45) is 0. The molecule has 0 aromatic heterocycles. The first-order valence-electron chi connectivity index (χ1n) is 19.5. The van der Waals surface area contributed by atoms with Gasteiger partial charge in [0, 0.05) is 22.2 Å². The fourth-order valence-electron chi connectivity index (χ4n) is 8.94. The smallest absolute Gasteiger partial charge is 0.0540 e. The normalized spacial score (nSPS) is 12.6. The van der Waals surface area contributed by atoms with Crippen molar-refractivity contribution in [1.82, 2.24) is 0 Å². The van der Waals surface area contributed by atoms with Gasteiger partial charge in [-0.15, -0.1) is 0 Å². The highest BCUT2D eigenvalue weighted by Crippen LogP contribution is 2.54. The van der Waals surface area contributed by atoms with Gasteiger partial charge in [-0.1, -0.05) is 196 Å².